The van der Waals surface area contributed by atoms with Gasteiger partial charge in [-0.2, -0.15) is 9.57 Å². The van der Waals surface area contributed by atoms with Crippen LogP contribution in [0.3, 0.4) is 0 Å². The van der Waals surface area contributed by atoms with Crippen molar-refractivity contribution >= 4 is 10.0 Å². The van der Waals surface area contributed by atoms with E-state index in [0.29, 0.717) is 17.7 Å². The third kappa shape index (κ3) is 3.82. The van der Waals surface area contributed by atoms with Crippen LogP contribution in [0.5, 0.6) is 0 Å². The maximum Gasteiger partial charge on any atom is 0.218 e. The van der Waals surface area contributed by atoms with Crippen molar-refractivity contribution in [2.45, 2.75) is 44.0 Å². The fraction of sp³-hybridized carbons (Fsp3) is 0.533. The van der Waals surface area contributed by atoms with Gasteiger partial charge in [0.05, 0.1) is 17.4 Å². The third-order valence-corrected chi connectivity index (χ3v) is 5.73. The summed E-state index contributed by atoms with van der Waals surface area (Å²) >= 11 is 0. The SMILES string of the molecule is C[C@H](N)[C@H]1CCCCN1S(=O)(=O)Cc1cccc(C#N)c1. The molecule has 1 aliphatic heterocycles. The Hall–Kier alpha value is -1.42. The van der Waals surface area contributed by atoms with Gasteiger partial charge in [0.2, 0.25) is 10.0 Å². The number of sulfonamides is 1. The van der Waals surface area contributed by atoms with Crippen LogP contribution in [0.1, 0.15) is 37.3 Å². The molecule has 2 N–H and O–H groups in total. The molecule has 0 aromatic heterocycles. The van der Waals surface area contributed by atoms with Crippen LogP contribution >= 0.6 is 0 Å². The first kappa shape index (κ1) is 16.0. The maximum atomic E-state index is 12.7. The Balaban J connectivity index is 2.22. The highest BCUT2D eigenvalue weighted by Gasteiger charge is 2.34. The number of benzene rings is 1. The van der Waals surface area contributed by atoms with Crippen LogP contribution in [0, 0.1) is 11.3 Å². The van der Waals surface area contributed by atoms with E-state index in [9.17, 15) is 8.42 Å². The van der Waals surface area contributed by atoms with Crippen molar-refractivity contribution < 1.29 is 8.42 Å². The average Bonchev–Trinajstić information content (AvgIpc) is 2.47. The van der Waals surface area contributed by atoms with Crippen LogP contribution < -0.4 is 5.73 Å². The summed E-state index contributed by atoms with van der Waals surface area (Å²) in [6, 6.07) is 8.48. The van der Waals surface area contributed by atoms with E-state index in [1.165, 1.54) is 0 Å². The lowest BCUT2D eigenvalue weighted by atomic mass is 10.00. The number of nitrogens with zero attached hydrogens (tertiary/aromatic N) is 2. The van der Waals surface area contributed by atoms with Gasteiger partial charge in [0.1, 0.15) is 0 Å². The van der Waals surface area contributed by atoms with Crippen LogP contribution in [-0.2, 0) is 15.8 Å². The van der Waals surface area contributed by atoms with Crippen molar-refractivity contribution in [2.75, 3.05) is 6.54 Å². The largest absolute Gasteiger partial charge is 0.326 e. The molecule has 1 fully saturated rings. The Kier molecular flexibility index (Phi) is 4.99. The molecule has 2 rings (SSSR count). The van der Waals surface area contributed by atoms with Gasteiger partial charge in [-0.15, -0.1) is 0 Å². The molecular formula is C15H21N3O2S. The topological polar surface area (TPSA) is 87.2 Å². The van der Waals surface area contributed by atoms with Gasteiger partial charge in [-0.3, -0.25) is 0 Å². The first-order valence-electron chi connectivity index (χ1n) is 7.18. The van der Waals surface area contributed by atoms with Crippen LogP contribution in [0.15, 0.2) is 24.3 Å². The van der Waals surface area contributed by atoms with Crippen molar-refractivity contribution in [1.29, 1.82) is 5.26 Å². The number of piperidine rings is 1. The fourth-order valence-electron chi connectivity index (χ4n) is 2.83. The zero-order valence-corrected chi connectivity index (χ0v) is 13.0. The summed E-state index contributed by atoms with van der Waals surface area (Å²) in [5, 5.41) is 8.90. The van der Waals surface area contributed by atoms with E-state index in [-0.39, 0.29) is 17.8 Å². The molecule has 1 saturated heterocycles. The molecular weight excluding hydrogens is 286 g/mol. The summed E-state index contributed by atoms with van der Waals surface area (Å²) < 4.78 is 26.9. The quantitative estimate of drug-likeness (QED) is 0.915. The molecule has 2 atom stereocenters. The highest BCUT2D eigenvalue weighted by atomic mass is 32.2. The highest BCUT2D eigenvalue weighted by Crippen LogP contribution is 2.24. The third-order valence-electron chi connectivity index (χ3n) is 3.87. The minimum absolute atomic E-state index is 0.0776. The lowest BCUT2D eigenvalue weighted by molar-refractivity contribution is 0.227. The molecule has 1 aliphatic rings. The number of hydrogen-bond acceptors (Lipinski definition) is 4. The van der Waals surface area contributed by atoms with Crippen molar-refractivity contribution in [3.05, 3.63) is 35.4 Å². The summed E-state index contributed by atoms with van der Waals surface area (Å²) in [5.74, 6) is -0.0776. The maximum absolute atomic E-state index is 12.7. The molecule has 1 aromatic carbocycles. The van der Waals surface area contributed by atoms with Crippen LogP contribution in [0.2, 0.25) is 0 Å². The summed E-state index contributed by atoms with van der Waals surface area (Å²) in [6.07, 6.45) is 2.71. The molecule has 5 nitrogen and oxygen atoms in total. The molecule has 0 amide bonds. The van der Waals surface area contributed by atoms with Gasteiger partial charge in [0.25, 0.3) is 0 Å². The normalized spacial score (nSPS) is 21.7. The van der Waals surface area contributed by atoms with Crippen molar-refractivity contribution in [1.82, 2.24) is 4.31 Å². The molecule has 1 heterocycles. The molecule has 0 spiro atoms. The smallest absolute Gasteiger partial charge is 0.218 e. The standard InChI is InChI=1S/C15H21N3O2S/c1-12(17)15-7-2-3-8-18(15)21(19,20)11-14-6-4-5-13(9-14)10-16/h4-6,9,12,15H,2-3,7-8,11,17H2,1H3/t12-,15+/m0/s1. The Labute approximate surface area is 126 Å². The molecule has 6 heteroatoms. The molecule has 21 heavy (non-hydrogen) atoms. The molecule has 0 saturated carbocycles. The Bertz CT molecular complexity index is 635. The number of rotatable bonds is 4. The van der Waals surface area contributed by atoms with Gasteiger partial charge >= 0.3 is 0 Å². The average molecular weight is 307 g/mol. The monoisotopic (exact) mass is 307 g/mol. The van der Waals surface area contributed by atoms with E-state index in [1.807, 2.05) is 13.0 Å². The predicted molar refractivity (Wildman–Crippen MR) is 81.8 cm³/mol. The summed E-state index contributed by atoms with van der Waals surface area (Å²) in [6.45, 7) is 2.39. The molecule has 114 valence electrons. The van der Waals surface area contributed by atoms with Gasteiger partial charge < -0.3 is 5.73 Å². The van der Waals surface area contributed by atoms with Crippen molar-refractivity contribution in [3.63, 3.8) is 0 Å². The van der Waals surface area contributed by atoms with Gasteiger partial charge in [0, 0.05) is 18.6 Å². The van der Waals surface area contributed by atoms with E-state index in [2.05, 4.69) is 0 Å². The molecule has 0 unspecified atom stereocenters. The van der Waals surface area contributed by atoms with E-state index in [4.69, 9.17) is 11.0 Å². The Morgan fingerprint density at radius 1 is 1.48 bits per heavy atom. The number of hydrogen-bond donors (Lipinski definition) is 1. The Morgan fingerprint density at radius 2 is 2.24 bits per heavy atom. The zero-order chi connectivity index (χ0) is 15.5. The van der Waals surface area contributed by atoms with Crippen molar-refractivity contribution in [2.24, 2.45) is 5.73 Å². The highest BCUT2D eigenvalue weighted by molar-refractivity contribution is 7.88. The molecule has 0 bridgehead atoms. The lowest BCUT2D eigenvalue weighted by Crippen LogP contribution is -2.51. The fourth-order valence-corrected chi connectivity index (χ4v) is 4.71. The van der Waals surface area contributed by atoms with Gasteiger partial charge in [-0.05, 0) is 37.5 Å². The Morgan fingerprint density at radius 3 is 2.90 bits per heavy atom. The van der Waals surface area contributed by atoms with Crippen molar-refractivity contribution in [3.8, 4) is 6.07 Å². The van der Waals surface area contributed by atoms with Gasteiger partial charge in [-0.25, -0.2) is 8.42 Å². The van der Waals surface area contributed by atoms with E-state index in [0.717, 1.165) is 19.3 Å². The van der Waals surface area contributed by atoms with Gasteiger partial charge in [-0.1, -0.05) is 18.6 Å². The van der Waals surface area contributed by atoms with E-state index < -0.39 is 10.0 Å². The number of nitriles is 1. The molecule has 0 radical (unpaired) electrons. The first-order chi connectivity index (χ1) is 9.94. The lowest BCUT2D eigenvalue weighted by Gasteiger charge is -2.36. The predicted octanol–water partition coefficient (Wildman–Crippen LogP) is 1.59. The van der Waals surface area contributed by atoms with Crippen LogP contribution in [0.4, 0.5) is 0 Å². The summed E-state index contributed by atoms with van der Waals surface area (Å²) in [5.41, 5.74) is 7.06. The van der Waals surface area contributed by atoms with Gasteiger partial charge in [0.15, 0.2) is 0 Å². The first-order valence-corrected chi connectivity index (χ1v) is 8.79. The van der Waals surface area contributed by atoms with E-state index in [1.54, 1.807) is 28.6 Å². The van der Waals surface area contributed by atoms with Crippen LogP contribution in [-0.4, -0.2) is 31.4 Å². The second kappa shape index (κ2) is 6.56. The molecule has 0 aliphatic carbocycles. The summed E-state index contributed by atoms with van der Waals surface area (Å²) in [4.78, 5) is 0. The summed E-state index contributed by atoms with van der Waals surface area (Å²) in [7, 11) is -3.41. The minimum atomic E-state index is -3.41. The van der Waals surface area contributed by atoms with E-state index >= 15 is 0 Å². The minimum Gasteiger partial charge on any atom is -0.326 e. The van der Waals surface area contributed by atoms with Crippen LogP contribution in [0.25, 0.3) is 0 Å². The second-order valence-corrected chi connectivity index (χ2v) is 7.52. The zero-order valence-electron chi connectivity index (χ0n) is 12.2. The number of nitrogens with two attached hydrogens (primary N) is 1. The second-order valence-electron chi connectivity index (χ2n) is 5.60. The molecule has 1 aromatic rings.